The minimum Gasteiger partial charge on any atom is -0.444 e. The summed E-state index contributed by atoms with van der Waals surface area (Å²) in [5.41, 5.74) is -0.410. The number of carbonyl (C=O) groups is 1. The molecule has 0 saturated carbocycles. The molecule has 2 aliphatic rings. The topological polar surface area (TPSA) is 50.4 Å². The zero-order chi connectivity index (χ0) is 12.5. The summed E-state index contributed by atoms with van der Waals surface area (Å²) in [6.45, 7) is 5.68. The Morgan fingerprint density at radius 1 is 1.24 bits per heavy atom. The number of ether oxygens (including phenoxy) is 1. The highest BCUT2D eigenvalue weighted by atomic mass is 16.6. The second-order valence-corrected chi connectivity index (χ2v) is 6.31. The summed E-state index contributed by atoms with van der Waals surface area (Å²) < 4.78 is 5.29. The van der Waals surface area contributed by atoms with Crippen LogP contribution in [0.25, 0.3) is 0 Å². The molecule has 0 unspecified atom stereocenters. The van der Waals surface area contributed by atoms with Crippen LogP contribution in [-0.2, 0) is 4.74 Å². The van der Waals surface area contributed by atoms with Gasteiger partial charge in [-0.25, -0.2) is 4.79 Å². The molecular weight excluding hydrogens is 216 g/mol. The average Bonchev–Trinajstić information content (AvgIpc) is 2.13. The van der Waals surface area contributed by atoms with E-state index in [9.17, 15) is 4.79 Å². The van der Waals surface area contributed by atoms with Crippen LogP contribution in [0, 0.1) is 0 Å². The Labute approximate surface area is 103 Å². The van der Waals surface area contributed by atoms with Crippen LogP contribution >= 0.6 is 0 Å². The molecule has 3 atom stereocenters. The summed E-state index contributed by atoms with van der Waals surface area (Å²) in [4.78, 5) is 11.7. The van der Waals surface area contributed by atoms with E-state index in [4.69, 9.17) is 4.74 Å². The fourth-order valence-corrected chi connectivity index (χ4v) is 2.86. The zero-order valence-corrected chi connectivity index (χ0v) is 11.1. The van der Waals surface area contributed by atoms with Crippen molar-refractivity contribution < 1.29 is 9.53 Å². The third-order valence-electron chi connectivity index (χ3n) is 3.44. The lowest BCUT2D eigenvalue weighted by atomic mass is 9.84. The van der Waals surface area contributed by atoms with E-state index < -0.39 is 5.60 Å². The van der Waals surface area contributed by atoms with Crippen molar-refractivity contribution in [3.8, 4) is 0 Å². The lowest BCUT2D eigenvalue weighted by molar-refractivity contribution is 0.0474. The summed E-state index contributed by atoms with van der Waals surface area (Å²) in [6.07, 6.45) is 5.60. The molecule has 0 aliphatic carbocycles. The first kappa shape index (κ1) is 12.7. The van der Waals surface area contributed by atoms with Gasteiger partial charge in [-0.1, -0.05) is 6.42 Å². The number of carbonyl (C=O) groups excluding carboxylic acids is 1. The molecule has 98 valence electrons. The first-order valence-electron chi connectivity index (χ1n) is 6.68. The molecule has 2 aliphatic heterocycles. The number of alkyl carbamates (subject to hydrolysis) is 1. The highest BCUT2D eigenvalue weighted by molar-refractivity contribution is 5.68. The van der Waals surface area contributed by atoms with Gasteiger partial charge in [0, 0.05) is 18.1 Å². The largest absolute Gasteiger partial charge is 0.444 e. The fourth-order valence-electron chi connectivity index (χ4n) is 2.86. The van der Waals surface area contributed by atoms with Gasteiger partial charge in [0.05, 0.1) is 0 Å². The molecule has 1 amide bonds. The van der Waals surface area contributed by atoms with Crippen LogP contribution in [0.4, 0.5) is 4.79 Å². The first-order chi connectivity index (χ1) is 7.92. The van der Waals surface area contributed by atoms with E-state index in [1.165, 1.54) is 19.3 Å². The second kappa shape index (κ2) is 4.84. The molecule has 2 N–H and O–H groups in total. The van der Waals surface area contributed by atoms with E-state index in [0.29, 0.717) is 12.1 Å². The SMILES string of the molecule is CC(C)(C)OC(=O)N[C@H]1C[C@H]2CCC[C@@H](C1)N2. The van der Waals surface area contributed by atoms with Crippen LogP contribution < -0.4 is 10.6 Å². The highest BCUT2D eigenvalue weighted by Gasteiger charge is 2.32. The summed E-state index contributed by atoms with van der Waals surface area (Å²) in [5, 5.41) is 6.61. The van der Waals surface area contributed by atoms with Crippen molar-refractivity contribution in [3.05, 3.63) is 0 Å². The van der Waals surface area contributed by atoms with Crippen molar-refractivity contribution >= 4 is 6.09 Å². The normalized spacial score (nSPS) is 33.0. The van der Waals surface area contributed by atoms with Gasteiger partial charge in [-0.3, -0.25) is 0 Å². The Morgan fingerprint density at radius 2 is 1.82 bits per heavy atom. The molecule has 17 heavy (non-hydrogen) atoms. The molecule has 4 heteroatoms. The minimum atomic E-state index is -0.410. The fraction of sp³-hybridized carbons (Fsp3) is 0.923. The Balaban J connectivity index is 1.81. The van der Waals surface area contributed by atoms with Crippen molar-refractivity contribution in [1.82, 2.24) is 10.6 Å². The quantitative estimate of drug-likeness (QED) is 0.738. The van der Waals surface area contributed by atoms with Crippen molar-refractivity contribution in [3.63, 3.8) is 0 Å². The number of hydrogen-bond acceptors (Lipinski definition) is 3. The average molecular weight is 240 g/mol. The third kappa shape index (κ3) is 3.87. The number of rotatable bonds is 1. The second-order valence-electron chi connectivity index (χ2n) is 6.31. The Kier molecular flexibility index (Phi) is 3.61. The van der Waals surface area contributed by atoms with Gasteiger partial charge < -0.3 is 15.4 Å². The Hall–Kier alpha value is -0.770. The van der Waals surface area contributed by atoms with Gasteiger partial charge in [0.15, 0.2) is 0 Å². The van der Waals surface area contributed by atoms with Gasteiger partial charge in [-0.05, 0) is 46.5 Å². The van der Waals surface area contributed by atoms with Crippen LogP contribution in [0.5, 0.6) is 0 Å². The van der Waals surface area contributed by atoms with Gasteiger partial charge in [0.2, 0.25) is 0 Å². The van der Waals surface area contributed by atoms with Gasteiger partial charge in [0.25, 0.3) is 0 Å². The molecule has 2 bridgehead atoms. The zero-order valence-electron chi connectivity index (χ0n) is 11.1. The Morgan fingerprint density at radius 3 is 2.35 bits per heavy atom. The maximum absolute atomic E-state index is 11.7. The standard InChI is InChI=1S/C13H24N2O2/c1-13(2,3)17-12(16)15-11-7-9-5-4-6-10(8-11)14-9/h9-11,14H,4-8H2,1-3H3,(H,15,16)/t9-,10+,11+. The van der Waals surface area contributed by atoms with Crippen LogP contribution in [0.15, 0.2) is 0 Å². The smallest absolute Gasteiger partial charge is 0.407 e. The van der Waals surface area contributed by atoms with Crippen molar-refractivity contribution in [1.29, 1.82) is 0 Å². The molecule has 0 radical (unpaired) electrons. The number of fused-ring (bicyclic) bond motifs is 2. The molecule has 4 nitrogen and oxygen atoms in total. The predicted octanol–water partition coefficient (Wildman–Crippen LogP) is 2.18. The van der Waals surface area contributed by atoms with Crippen LogP contribution in [0.3, 0.4) is 0 Å². The summed E-state index contributed by atoms with van der Waals surface area (Å²) in [6, 6.07) is 1.45. The van der Waals surface area contributed by atoms with Crippen molar-refractivity contribution in [2.24, 2.45) is 0 Å². The van der Waals surface area contributed by atoms with Crippen LogP contribution in [-0.4, -0.2) is 29.8 Å². The van der Waals surface area contributed by atoms with Gasteiger partial charge in [-0.2, -0.15) is 0 Å². The molecule has 0 aromatic carbocycles. The Bertz CT molecular complexity index is 274. The monoisotopic (exact) mass is 240 g/mol. The van der Waals surface area contributed by atoms with Crippen LogP contribution in [0.1, 0.15) is 52.9 Å². The summed E-state index contributed by atoms with van der Waals surface area (Å²) in [5.74, 6) is 0. The maximum Gasteiger partial charge on any atom is 0.407 e. The molecule has 2 fully saturated rings. The highest BCUT2D eigenvalue weighted by Crippen LogP contribution is 2.25. The van der Waals surface area contributed by atoms with E-state index in [0.717, 1.165) is 12.8 Å². The number of piperidine rings is 2. The maximum atomic E-state index is 11.7. The lowest BCUT2D eigenvalue weighted by Crippen LogP contribution is -2.55. The molecule has 0 aromatic heterocycles. The van der Waals surface area contributed by atoms with E-state index in [1.807, 2.05) is 20.8 Å². The van der Waals surface area contributed by atoms with Gasteiger partial charge in [-0.15, -0.1) is 0 Å². The number of amides is 1. The van der Waals surface area contributed by atoms with Gasteiger partial charge >= 0.3 is 6.09 Å². The molecule has 2 saturated heterocycles. The van der Waals surface area contributed by atoms with E-state index in [1.54, 1.807) is 0 Å². The first-order valence-corrected chi connectivity index (χ1v) is 6.68. The molecule has 0 spiro atoms. The van der Waals surface area contributed by atoms with E-state index >= 15 is 0 Å². The molecule has 2 rings (SSSR count). The molecule has 0 aromatic rings. The van der Waals surface area contributed by atoms with Crippen molar-refractivity contribution in [2.45, 2.75) is 76.6 Å². The molecular formula is C13H24N2O2. The van der Waals surface area contributed by atoms with E-state index in [2.05, 4.69) is 10.6 Å². The number of hydrogen-bond donors (Lipinski definition) is 2. The van der Waals surface area contributed by atoms with Gasteiger partial charge in [0.1, 0.15) is 5.60 Å². The summed E-state index contributed by atoms with van der Waals surface area (Å²) >= 11 is 0. The third-order valence-corrected chi connectivity index (χ3v) is 3.44. The summed E-state index contributed by atoms with van der Waals surface area (Å²) in [7, 11) is 0. The van der Waals surface area contributed by atoms with E-state index in [-0.39, 0.29) is 12.1 Å². The molecule has 2 heterocycles. The van der Waals surface area contributed by atoms with Crippen LogP contribution in [0.2, 0.25) is 0 Å². The number of nitrogens with one attached hydrogen (secondary N) is 2. The predicted molar refractivity (Wildman–Crippen MR) is 67.0 cm³/mol. The lowest BCUT2D eigenvalue weighted by Gasteiger charge is -2.40. The minimum absolute atomic E-state index is 0.275. The van der Waals surface area contributed by atoms with Crippen molar-refractivity contribution in [2.75, 3.05) is 0 Å².